The predicted octanol–water partition coefficient (Wildman–Crippen LogP) is 0.998. The zero-order valence-corrected chi connectivity index (χ0v) is 12.6. The Bertz CT molecular complexity index is 569. The molecule has 1 aromatic rings. The molecule has 1 unspecified atom stereocenters. The summed E-state index contributed by atoms with van der Waals surface area (Å²) in [7, 11) is 0. The normalized spacial score (nSPS) is 24.6. The fourth-order valence-corrected chi connectivity index (χ4v) is 2.99. The van der Waals surface area contributed by atoms with E-state index in [0.717, 1.165) is 0 Å². The number of piperidine rings is 1. The highest BCUT2D eigenvalue weighted by Crippen LogP contribution is 2.25. The third-order valence-corrected chi connectivity index (χ3v) is 4.29. The molecule has 0 bridgehead atoms. The van der Waals surface area contributed by atoms with Gasteiger partial charge in [0.05, 0.1) is 18.8 Å². The molecule has 6 nitrogen and oxygen atoms in total. The van der Waals surface area contributed by atoms with Crippen LogP contribution in [0.1, 0.15) is 29.8 Å². The Labute approximate surface area is 132 Å². The van der Waals surface area contributed by atoms with Crippen LogP contribution in [0.3, 0.4) is 0 Å². The fraction of sp³-hybridized carbons (Fsp3) is 0.600. The minimum Gasteiger partial charge on any atom is -0.459 e. The quantitative estimate of drug-likeness (QED) is 0.868. The molecule has 8 heteroatoms. The molecule has 0 radical (unpaired) electrons. The monoisotopic (exact) mass is 327 g/mol. The van der Waals surface area contributed by atoms with E-state index in [-0.39, 0.29) is 11.9 Å². The van der Waals surface area contributed by atoms with Crippen molar-refractivity contribution in [1.82, 2.24) is 15.5 Å². The first-order valence-corrected chi connectivity index (χ1v) is 7.69. The number of likely N-dealkylation sites (tertiary alicyclic amines) is 1. The maximum atomic E-state index is 13.1. The van der Waals surface area contributed by atoms with Crippen LogP contribution in [-0.4, -0.2) is 54.4 Å². The summed E-state index contributed by atoms with van der Waals surface area (Å²) in [5.41, 5.74) is 0. The van der Waals surface area contributed by atoms with Crippen molar-refractivity contribution in [2.24, 2.45) is 0 Å². The van der Waals surface area contributed by atoms with Crippen molar-refractivity contribution in [3.63, 3.8) is 0 Å². The van der Waals surface area contributed by atoms with Gasteiger partial charge in [0.1, 0.15) is 0 Å². The van der Waals surface area contributed by atoms with E-state index in [4.69, 9.17) is 4.42 Å². The van der Waals surface area contributed by atoms with Crippen molar-refractivity contribution < 1.29 is 22.8 Å². The maximum absolute atomic E-state index is 13.1. The van der Waals surface area contributed by atoms with Gasteiger partial charge >= 0.3 is 0 Å². The molecule has 1 atom stereocenters. The van der Waals surface area contributed by atoms with Gasteiger partial charge in [0, 0.05) is 25.6 Å². The number of rotatable bonds is 3. The molecule has 23 heavy (non-hydrogen) atoms. The van der Waals surface area contributed by atoms with Crippen molar-refractivity contribution >= 4 is 11.8 Å². The van der Waals surface area contributed by atoms with Crippen LogP contribution in [0, 0.1) is 0 Å². The van der Waals surface area contributed by atoms with Crippen LogP contribution in [-0.2, 0) is 4.79 Å². The van der Waals surface area contributed by atoms with Gasteiger partial charge in [-0.3, -0.25) is 14.9 Å². The van der Waals surface area contributed by atoms with Crippen molar-refractivity contribution in [1.29, 1.82) is 0 Å². The number of hydrogen-bond acceptors (Lipinski definition) is 4. The molecule has 0 saturated carbocycles. The summed E-state index contributed by atoms with van der Waals surface area (Å²) in [6.07, 6.45) is 2.18. The number of nitrogens with zero attached hydrogens (tertiary/aromatic N) is 1. The lowest BCUT2D eigenvalue weighted by Gasteiger charge is -2.32. The van der Waals surface area contributed by atoms with Crippen LogP contribution in [0.2, 0.25) is 0 Å². The van der Waals surface area contributed by atoms with E-state index in [1.165, 1.54) is 6.26 Å². The van der Waals surface area contributed by atoms with Crippen LogP contribution in [0.15, 0.2) is 22.8 Å². The Kier molecular flexibility index (Phi) is 4.34. The molecule has 3 rings (SSSR count). The SMILES string of the molecule is O=C(NC1CCN(C(=O)c2ccco2)CC1)C1CC(F)(F)CN1. The topological polar surface area (TPSA) is 74.6 Å². The highest BCUT2D eigenvalue weighted by Gasteiger charge is 2.42. The van der Waals surface area contributed by atoms with E-state index in [1.807, 2.05) is 0 Å². The minimum absolute atomic E-state index is 0.0980. The second kappa shape index (κ2) is 6.27. The first-order valence-electron chi connectivity index (χ1n) is 7.69. The van der Waals surface area contributed by atoms with E-state index < -0.39 is 30.8 Å². The average Bonchev–Trinajstić information content (AvgIpc) is 3.16. The van der Waals surface area contributed by atoms with E-state index >= 15 is 0 Å². The first kappa shape index (κ1) is 15.9. The van der Waals surface area contributed by atoms with Gasteiger partial charge in [0.25, 0.3) is 11.8 Å². The second-order valence-electron chi connectivity index (χ2n) is 6.05. The third kappa shape index (κ3) is 3.69. The van der Waals surface area contributed by atoms with Gasteiger partial charge in [0.15, 0.2) is 5.76 Å². The number of nitrogens with one attached hydrogen (secondary N) is 2. The molecular weight excluding hydrogens is 308 g/mol. The van der Waals surface area contributed by atoms with Crippen LogP contribution in [0.25, 0.3) is 0 Å². The maximum Gasteiger partial charge on any atom is 0.289 e. The minimum atomic E-state index is -2.82. The van der Waals surface area contributed by atoms with Gasteiger partial charge in [-0.25, -0.2) is 8.78 Å². The highest BCUT2D eigenvalue weighted by molar-refractivity contribution is 5.91. The summed E-state index contributed by atoms with van der Waals surface area (Å²) in [4.78, 5) is 25.8. The molecule has 126 valence electrons. The second-order valence-corrected chi connectivity index (χ2v) is 6.05. The lowest BCUT2D eigenvalue weighted by atomic mass is 10.0. The molecule has 0 spiro atoms. The number of carbonyl (C=O) groups is 2. The third-order valence-electron chi connectivity index (χ3n) is 4.29. The number of hydrogen-bond donors (Lipinski definition) is 2. The molecule has 2 aliphatic heterocycles. The van der Waals surface area contributed by atoms with E-state index in [0.29, 0.717) is 31.7 Å². The number of carbonyl (C=O) groups excluding carboxylic acids is 2. The predicted molar refractivity (Wildman–Crippen MR) is 77.1 cm³/mol. The standard InChI is InChI=1S/C15H19F2N3O3/c16-15(17)8-11(18-9-15)13(21)19-10-3-5-20(6-4-10)14(22)12-2-1-7-23-12/h1-2,7,10-11,18H,3-6,8-9H2,(H,19,21). The van der Waals surface area contributed by atoms with Crippen molar-refractivity contribution in [3.05, 3.63) is 24.2 Å². The zero-order chi connectivity index (χ0) is 16.4. The Morgan fingerprint density at radius 1 is 1.35 bits per heavy atom. The summed E-state index contributed by atoms with van der Waals surface area (Å²) >= 11 is 0. The first-order chi connectivity index (χ1) is 10.9. The van der Waals surface area contributed by atoms with Crippen LogP contribution in [0.5, 0.6) is 0 Å². The van der Waals surface area contributed by atoms with E-state index in [2.05, 4.69) is 10.6 Å². The van der Waals surface area contributed by atoms with Crippen LogP contribution < -0.4 is 10.6 Å². The van der Waals surface area contributed by atoms with Crippen LogP contribution in [0.4, 0.5) is 8.78 Å². The lowest BCUT2D eigenvalue weighted by molar-refractivity contribution is -0.124. The smallest absolute Gasteiger partial charge is 0.289 e. The van der Waals surface area contributed by atoms with Gasteiger partial charge in [-0.1, -0.05) is 0 Å². The Balaban J connectivity index is 1.46. The number of furan rings is 1. The average molecular weight is 327 g/mol. The molecular formula is C15H19F2N3O3. The Morgan fingerprint density at radius 3 is 2.65 bits per heavy atom. The molecule has 3 heterocycles. The van der Waals surface area contributed by atoms with Crippen molar-refractivity contribution in [2.75, 3.05) is 19.6 Å². The molecule has 2 fully saturated rings. The van der Waals surface area contributed by atoms with E-state index in [9.17, 15) is 18.4 Å². The van der Waals surface area contributed by atoms with Crippen LogP contribution >= 0.6 is 0 Å². The molecule has 0 aromatic carbocycles. The zero-order valence-electron chi connectivity index (χ0n) is 12.6. The summed E-state index contributed by atoms with van der Waals surface area (Å²) in [5.74, 6) is -3.08. The number of amides is 2. The van der Waals surface area contributed by atoms with Gasteiger partial charge in [0.2, 0.25) is 5.91 Å². The fourth-order valence-electron chi connectivity index (χ4n) is 2.99. The van der Waals surface area contributed by atoms with Gasteiger partial charge in [-0.05, 0) is 25.0 Å². The molecule has 1 aromatic heterocycles. The van der Waals surface area contributed by atoms with Gasteiger partial charge in [-0.2, -0.15) is 0 Å². The van der Waals surface area contributed by atoms with Crippen molar-refractivity contribution in [2.45, 2.75) is 37.3 Å². The largest absolute Gasteiger partial charge is 0.459 e. The van der Waals surface area contributed by atoms with Crippen molar-refractivity contribution in [3.8, 4) is 0 Å². The number of halogens is 2. The Morgan fingerprint density at radius 2 is 2.09 bits per heavy atom. The Hall–Kier alpha value is -1.96. The molecule has 2 N–H and O–H groups in total. The molecule has 2 aliphatic rings. The van der Waals surface area contributed by atoms with Gasteiger partial charge in [-0.15, -0.1) is 0 Å². The molecule has 0 aliphatic carbocycles. The molecule has 2 saturated heterocycles. The summed E-state index contributed by atoms with van der Waals surface area (Å²) in [6.45, 7) is 0.540. The molecule has 2 amide bonds. The number of alkyl halides is 2. The summed E-state index contributed by atoms with van der Waals surface area (Å²) < 4.78 is 31.3. The lowest BCUT2D eigenvalue weighted by Crippen LogP contribution is -2.50. The summed E-state index contributed by atoms with van der Waals surface area (Å²) in [6, 6.07) is 2.33. The van der Waals surface area contributed by atoms with E-state index in [1.54, 1.807) is 17.0 Å². The highest BCUT2D eigenvalue weighted by atomic mass is 19.3. The summed E-state index contributed by atoms with van der Waals surface area (Å²) in [5, 5.41) is 5.34. The van der Waals surface area contributed by atoms with Gasteiger partial charge < -0.3 is 14.6 Å².